The summed E-state index contributed by atoms with van der Waals surface area (Å²) < 4.78 is 4.82. The molecule has 1 aromatic heterocycles. The van der Waals surface area contributed by atoms with E-state index in [0.29, 0.717) is 0 Å². The van der Waals surface area contributed by atoms with Crippen LogP contribution in [0, 0.1) is 0 Å². The molecule has 0 atom stereocenters. The number of aryl methyl sites for hydroxylation is 1. The van der Waals surface area contributed by atoms with E-state index in [4.69, 9.17) is 4.52 Å². The van der Waals surface area contributed by atoms with E-state index in [-0.39, 0.29) is 0 Å². The number of benzene rings is 1. The van der Waals surface area contributed by atoms with Crippen LogP contribution in [-0.2, 0) is 6.42 Å². The molecule has 2 heteroatoms. The maximum absolute atomic E-state index is 4.82. The van der Waals surface area contributed by atoms with Crippen LogP contribution >= 0.6 is 0 Å². The van der Waals surface area contributed by atoms with Gasteiger partial charge < -0.3 is 4.52 Å². The van der Waals surface area contributed by atoms with Gasteiger partial charge in [-0.15, -0.1) is 0 Å². The second-order valence-electron chi connectivity index (χ2n) is 2.90. The first-order chi connectivity index (χ1) is 6.42. The maximum Gasteiger partial charge on any atom is 0.124 e. The van der Waals surface area contributed by atoms with E-state index >= 15 is 0 Å². The highest BCUT2D eigenvalue weighted by Crippen LogP contribution is 2.21. The van der Waals surface area contributed by atoms with Crippen molar-refractivity contribution in [2.24, 2.45) is 0 Å². The molecule has 0 saturated carbocycles. The minimum absolute atomic E-state index is 0.914. The number of nitrogens with zero attached hydrogens (tertiary/aromatic N) is 1. The predicted octanol–water partition coefficient (Wildman–Crippen LogP) is 2.90. The summed E-state index contributed by atoms with van der Waals surface area (Å²) in [6, 6.07) is 10.1. The first-order valence-electron chi connectivity index (χ1n) is 4.40. The van der Waals surface area contributed by atoms with Crippen molar-refractivity contribution >= 4 is 0 Å². The molecule has 0 amide bonds. The monoisotopic (exact) mass is 173 g/mol. The topological polar surface area (TPSA) is 26.0 Å². The van der Waals surface area contributed by atoms with E-state index in [9.17, 15) is 0 Å². The molecule has 0 aliphatic carbocycles. The molecule has 0 radical (unpaired) electrons. The van der Waals surface area contributed by atoms with Gasteiger partial charge in [-0.2, -0.15) is 0 Å². The van der Waals surface area contributed by atoms with Crippen LogP contribution in [0.4, 0.5) is 0 Å². The van der Waals surface area contributed by atoms with Crippen molar-refractivity contribution in [3.63, 3.8) is 0 Å². The zero-order valence-corrected chi connectivity index (χ0v) is 7.53. The normalized spacial score (nSPS) is 10.2. The largest absolute Gasteiger partial charge is 0.364 e. The lowest BCUT2D eigenvalue weighted by molar-refractivity contribution is 0.422. The molecule has 0 unspecified atom stereocenters. The lowest BCUT2D eigenvalue weighted by Crippen LogP contribution is -1.86. The first kappa shape index (κ1) is 8.05. The van der Waals surface area contributed by atoms with Gasteiger partial charge in [0.15, 0.2) is 0 Å². The van der Waals surface area contributed by atoms with Gasteiger partial charge >= 0.3 is 0 Å². The van der Waals surface area contributed by atoms with E-state index in [2.05, 4.69) is 24.2 Å². The van der Waals surface area contributed by atoms with Crippen molar-refractivity contribution in [3.05, 3.63) is 42.2 Å². The summed E-state index contributed by atoms with van der Waals surface area (Å²) in [5, 5.41) is 3.92. The van der Waals surface area contributed by atoms with Crippen molar-refractivity contribution in [1.29, 1.82) is 0 Å². The van der Waals surface area contributed by atoms with Gasteiger partial charge in [0.2, 0.25) is 0 Å². The molecule has 13 heavy (non-hydrogen) atoms. The Balaban J connectivity index is 2.51. The molecule has 2 aromatic rings. The Morgan fingerprint density at radius 3 is 2.77 bits per heavy atom. The summed E-state index contributed by atoms with van der Waals surface area (Å²) in [5.74, 6) is 0. The minimum Gasteiger partial charge on any atom is -0.364 e. The number of hydrogen-bond donors (Lipinski definition) is 0. The molecule has 0 saturated heterocycles. The molecule has 0 fully saturated rings. The van der Waals surface area contributed by atoms with Crippen LogP contribution in [0.5, 0.6) is 0 Å². The molecule has 2 nitrogen and oxygen atoms in total. The molecule has 0 spiro atoms. The Morgan fingerprint density at radius 2 is 2.08 bits per heavy atom. The lowest BCUT2D eigenvalue weighted by atomic mass is 10.0. The Hall–Kier alpha value is -1.57. The fourth-order valence-electron chi connectivity index (χ4n) is 1.43. The average molecular weight is 173 g/mol. The Kier molecular flexibility index (Phi) is 2.13. The van der Waals surface area contributed by atoms with Gasteiger partial charge in [-0.3, -0.25) is 0 Å². The van der Waals surface area contributed by atoms with E-state index in [1.807, 2.05) is 18.2 Å². The van der Waals surface area contributed by atoms with Crippen LogP contribution < -0.4 is 0 Å². The Bertz CT molecular complexity index is 379. The van der Waals surface area contributed by atoms with E-state index in [0.717, 1.165) is 12.1 Å². The standard InChI is InChI=1S/C11H11NO/c1-2-9-5-3-4-6-10(9)11-7-8-13-12-11/h3-8H,2H2,1H3. The molecule has 0 aliphatic heterocycles. The van der Waals surface area contributed by atoms with Crippen molar-refractivity contribution in [3.8, 4) is 11.3 Å². The highest BCUT2D eigenvalue weighted by molar-refractivity contribution is 5.62. The van der Waals surface area contributed by atoms with Gasteiger partial charge in [0.25, 0.3) is 0 Å². The second kappa shape index (κ2) is 3.44. The van der Waals surface area contributed by atoms with Gasteiger partial charge in [0.1, 0.15) is 12.0 Å². The van der Waals surface area contributed by atoms with Gasteiger partial charge in [0, 0.05) is 11.6 Å². The third kappa shape index (κ3) is 1.47. The Labute approximate surface area is 77.2 Å². The van der Waals surface area contributed by atoms with Crippen molar-refractivity contribution in [1.82, 2.24) is 5.16 Å². The van der Waals surface area contributed by atoms with Crippen molar-refractivity contribution < 1.29 is 4.52 Å². The van der Waals surface area contributed by atoms with Crippen LogP contribution in [0.25, 0.3) is 11.3 Å². The first-order valence-corrected chi connectivity index (χ1v) is 4.40. The van der Waals surface area contributed by atoms with Crippen molar-refractivity contribution in [2.45, 2.75) is 13.3 Å². The SMILES string of the molecule is CCc1ccccc1-c1ccon1. The third-order valence-electron chi connectivity index (χ3n) is 2.11. The zero-order valence-electron chi connectivity index (χ0n) is 7.53. The van der Waals surface area contributed by atoms with E-state index < -0.39 is 0 Å². The molecule has 66 valence electrons. The molecular formula is C11H11NO. The third-order valence-corrected chi connectivity index (χ3v) is 2.11. The summed E-state index contributed by atoms with van der Waals surface area (Å²) in [7, 11) is 0. The molecule has 1 heterocycles. The van der Waals surface area contributed by atoms with Crippen LogP contribution in [0.3, 0.4) is 0 Å². The summed E-state index contributed by atoms with van der Waals surface area (Å²) in [6.45, 7) is 2.14. The van der Waals surface area contributed by atoms with E-state index in [1.54, 1.807) is 6.26 Å². The summed E-state index contributed by atoms with van der Waals surface area (Å²) in [5.41, 5.74) is 3.38. The maximum atomic E-state index is 4.82. The molecule has 0 bridgehead atoms. The Morgan fingerprint density at radius 1 is 1.23 bits per heavy atom. The average Bonchev–Trinajstić information content (AvgIpc) is 2.70. The fraction of sp³-hybridized carbons (Fsp3) is 0.182. The van der Waals surface area contributed by atoms with Crippen molar-refractivity contribution in [2.75, 3.05) is 0 Å². The van der Waals surface area contributed by atoms with Crippen LogP contribution in [0.1, 0.15) is 12.5 Å². The number of rotatable bonds is 2. The van der Waals surface area contributed by atoms with Crippen LogP contribution in [-0.4, -0.2) is 5.16 Å². The summed E-state index contributed by atoms with van der Waals surface area (Å²) >= 11 is 0. The van der Waals surface area contributed by atoms with Gasteiger partial charge in [0.05, 0.1) is 0 Å². The summed E-state index contributed by atoms with van der Waals surface area (Å²) in [6.07, 6.45) is 2.62. The molecule has 2 rings (SSSR count). The fourth-order valence-corrected chi connectivity index (χ4v) is 1.43. The summed E-state index contributed by atoms with van der Waals surface area (Å²) in [4.78, 5) is 0. The highest BCUT2D eigenvalue weighted by Gasteiger charge is 2.04. The lowest BCUT2D eigenvalue weighted by Gasteiger charge is -2.02. The van der Waals surface area contributed by atoms with Gasteiger partial charge in [-0.1, -0.05) is 36.3 Å². The highest BCUT2D eigenvalue weighted by atomic mass is 16.5. The molecular weight excluding hydrogens is 162 g/mol. The minimum atomic E-state index is 0.914. The van der Waals surface area contributed by atoms with Gasteiger partial charge in [-0.25, -0.2) is 0 Å². The zero-order chi connectivity index (χ0) is 9.10. The number of aromatic nitrogens is 1. The van der Waals surface area contributed by atoms with Crippen LogP contribution in [0.2, 0.25) is 0 Å². The molecule has 0 N–H and O–H groups in total. The second-order valence-corrected chi connectivity index (χ2v) is 2.90. The molecule has 0 aliphatic rings. The number of hydrogen-bond acceptors (Lipinski definition) is 2. The molecule has 1 aromatic carbocycles. The van der Waals surface area contributed by atoms with Gasteiger partial charge in [-0.05, 0) is 12.0 Å². The quantitative estimate of drug-likeness (QED) is 0.697. The van der Waals surface area contributed by atoms with E-state index in [1.165, 1.54) is 11.1 Å². The van der Waals surface area contributed by atoms with Crippen LogP contribution in [0.15, 0.2) is 41.1 Å². The predicted molar refractivity (Wildman–Crippen MR) is 51.3 cm³/mol. The smallest absolute Gasteiger partial charge is 0.124 e.